The first-order chi connectivity index (χ1) is 8.90. The second kappa shape index (κ2) is 5.00. The summed E-state index contributed by atoms with van der Waals surface area (Å²) in [6.45, 7) is 8.56. The van der Waals surface area contributed by atoms with E-state index in [1.807, 2.05) is 25.2 Å². The maximum absolute atomic E-state index is 4.71. The third-order valence-electron chi connectivity index (χ3n) is 3.03. The zero-order valence-corrected chi connectivity index (χ0v) is 12.3. The van der Waals surface area contributed by atoms with Crippen LogP contribution in [0.15, 0.2) is 30.3 Å². The molecule has 0 saturated heterocycles. The molecule has 0 bridgehead atoms. The second-order valence-electron chi connectivity index (χ2n) is 5.83. The summed E-state index contributed by atoms with van der Waals surface area (Å²) in [7, 11) is 1.88. The lowest BCUT2D eigenvalue weighted by Crippen LogP contribution is -2.15. The Balaban J connectivity index is 2.57. The molecular formula is C16H21N3. The summed E-state index contributed by atoms with van der Waals surface area (Å²) in [6.07, 6.45) is 0. The lowest BCUT2D eigenvalue weighted by atomic mass is 9.91. The molecule has 0 fully saturated rings. The Morgan fingerprint density at radius 3 is 2.37 bits per heavy atom. The van der Waals surface area contributed by atoms with E-state index >= 15 is 0 Å². The number of aromatic nitrogens is 2. The number of hydrogen-bond donors (Lipinski definition) is 1. The smallest absolute Gasteiger partial charge is 0.161 e. The molecule has 2 aromatic rings. The minimum Gasteiger partial charge on any atom is -0.373 e. The van der Waals surface area contributed by atoms with Crippen LogP contribution in [0.3, 0.4) is 0 Å². The van der Waals surface area contributed by atoms with Gasteiger partial charge >= 0.3 is 0 Å². The zero-order chi connectivity index (χ0) is 14.0. The van der Waals surface area contributed by atoms with Gasteiger partial charge in [-0.3, -0.25) is 0 Å². The van der Waals surface area contributed by atoms with Crippen molar-refractivity contribution in [1.82, 2.24) is 9.97 Å². The average molecular weight is 255 g/mol. The topological polar surface area (TPSA) is 37.8 Å². The van der Waals surface area contributed by atoms with Gasteiger partial charge in [-0.1, -0.05) is 44.5 Å². The molecule has 19 heavy (non-hydrogen) atoms. The van der Waals surface area contributed by atoms with Crippen LogP contribution in [0, 0.1) is 6.92 Å². The van der Waals surface area contributed by atoms with Crippen LogP contribution in [0.25, 0.3) is 11.4 Å². The lowest BCUT2D eigenvalue weighted by Gasteiger charge is -2.19. The van der Waals surface area contributed by atoms with Gasteiger partial charge in [0.05, 0.1) is 5.69 Å². The number of nitrogens with zero attached hydrogens (tertiary/aromatic N) is 2. The summed E-state index contributed by atoms with van der Waals surface area (Å²) in [5.74, 6) is 1.64. The number of anilines is 1. The summed E-state index contributed by atoms with van der Waals surface area (Å²) < 4.78 is 0. The maximum Gasteiger partial charge on any atom is 0.161 e. The Kier molecular flexibility index (Phi) is 3.56. The van der Waals surface area contributed by atoms with Gasteiger partial charge in [-0.2, -0.15) is 0 Å². The Hall–Kier alpha value is -1.90. The molecule has 3 heteroatoms. The summed E-state index contributed by atoms with van der Waals surface area (Å²) in [6, 6.07) is 10.3. The van der Waals surface area contributed by atoms with Crippen LogP contribution in [-0.4, -0.2) is 17.0 Å². The van der Waals surface area contributed by atoms with E-state index in [0.29, 0.717) is 0 Å². The Morgan fingerprint density at radius 2 is 1.79 bits per heavy atom. The fraction of sp³-hybridized carbons (Fsp3) is 0.375. The first-order valence-corrected chi connectivity index (χ1v) is 6.54. The summed E-state index contributed by atoms with van der Waals surface area (Å²) in [4.78, 5) is 9.27. The highest BCUT2D eigenvalue weighted by Crippen LogP contribution is 2.25. The van der Waals surface area contributed by atoms with E-state index in [2.05, 4.69) is 50.1 Å². The van der Waals surface area contributed by atoms with E-state index in [1.54, 1.807) is 0 Å². The molecule has 0 aliphatic rings. The molecule has 0 unspecified atom stereocenters. The Morgan fingerprint density at radius 1 is 1.05 bits per heavy atom. The summed E-state index contributed by atoms with van der Waals surface area (Å²) in [5.41, 5.74) is 3.33. The van der Waals surface area contributed by atoms with E-state index in [-0.39, 0.29) is 5.41 Å². The van der Waals surface area contributed by atoms with Gasteiger partial charge in [0.25, 0.3) is 0 Å². The van der Waals surface area contributed by atoms with E-state index in [1.165, 1.54) is 5.56 Å². The predicted octanol–water partition coefficient (Wildman–Crippen LogP) is 3.79. The fourth-order valence-corrected chi connectivity index (χ4v) is 1.87. The van der Waals surface area contributed by atoms with Crippen molar-refractivity contribution in [3.8, 4) is 11.4 Å². The van der Waals surface area contributed by atoms with Gasteiger partial charge in [0.2, 0.25) is 0 Å². The fourth-order valence-electron chi connectivity index (χ4n) is 1.87. The zero-order valence-electron chi connectivity index (χ0n) is 12.3. The number of aryl methyl sites for hydroxylation is 1. The first kappa shape index (κ1) is 13.5. The lowest BCUT2D eigenvalue weighted by molar-refractivity contribution is 0.568. The van der Waals surface area contributed by atoms with E-state index in [9.17, 15) is 0 Å². The average Bonchev–Trinajstić information content (AvgIpc) is 2.37. The van der Waals surface area contributed by atoms with E-state index < -0.39 is 0 Å². The minimum atomic E-state index is 0.00706. The largest absolute Gasteiger partial charge is 0.373 e. The summed E-state index contributed by atoms with van der Waals surface area (Å²) >= 11 is 0. The predicted molar refractivity (Wildman–Crippen MR) is 80.5 cm³/mol. The van der Waals surface area contributed by atoms with Crippen molar-refractivity contribution in [2.45, 2.75) is 33.1 Å². The van der Waals surface area contributed by atoms with E-state index in [4.69, 9.17) is 4.98 Å². The molecule has 0 radical (unpaired) electrons. The molecule has 0 aliphatic carbocycles. The first-order valence-electron chi connectivity index (χ1n) is 6.54. The van der Waals surface area contributed by atoms with Crippen molar-refractivity contribution in [2.24, 2.45) is 0 Å². The van der Waals surface area contributed by atoms with Crippen LogP contribution in [0.2, 0.25) is 0 Å². The van der Waals surface area contributed by atoms with Crippen molar-refractivity contribution < 1.29 is 0 Å². The van der Waals surface area contributed by atoms with Crippen LogP contribution in [0.4, 0.5) is 5.82 Å². The van der Waals surface area contributed by atoms with Crippen molar-refractivity contribution in [1.29, 1.82) is 0 Å². The molecule has 0 aliphatic heterocycles. The molecule has 1 aromatic heterocycles. The third-order valence-corrected chi connectivity index (χ3v) is 3.03. The molecule has 2 rings (SSSR count). The monoisotopic (exact) mass is 255 g/mol. The highest BCUT2D eigenvalue weighted by atomic mass is 15.0. The quantitative estimate of drug-likeness (QED) is 0.887. The molecule has 0 saturated carbocycles. The van der Waals surface area contributed by atoms with Gasteiger partial charge in [-0.15, -0.1) is 0 Å². The SMILES string of the molecule is CNc1cc(C(C)(C)C)nc(-c2cccc(C)c2)n1. The van der Waals surface area contributed by atoms with Crippen molar-refractivity contribution in [3.05, 3.63) is 41.6 Å². The van der Waals surface area contributed by atoms with Crippen molar-refractivity contribution in [3.63, 3.8) is 0 Å². The van der Waals surface area contributed by atoms with Gasteiger partial charge in [-0.05, 0) is 13.0 Å². The van der Waals surface area contributed by atoms with Gasteiger partial charge < -0.3 is 5.32 Å². The maximum atomic E-state index is 4.71. The molecule has 0 spiro atoms. The van der Waals surface area contributed by atoms with Gasteiger partial charge in [-0.25, -0.2) is 9.97 Å². The van der Waals surface area contributed by atoms with Gasteiger partial charge in [0, 0.05) is 24.1 Å². The van der Waals surface area contributed by atoms with Crippen LogP contribution in [-0.2, 0) is 5.41 Å². The van der Waals surface area contributed by atoms with E-state index in [0.717, 1.165) is 22.9 Å². The third kappa shape index (κ3) is 3.11. The minimum absolute atomic E-state index is 0.00706. The standard InChI is InChI=1S/C16H21N3/c1-11-7-6-8-12(9-11)15-18-13(16(2,3)4)10-14(17-5)19-15/h6-10H,1-5H3,(H,17,18,19). The second-order valence-corrected chi connectivity index (χ2v) is 5.83. The molecule has 1 N–H and O–H groups in total. The van der Waals surface area contributed by atoms with Gasteiger partial charge in [0.1, 0.15) is 5.82 Å². The number of hydrogen-bond acceptors (Lipinski definition) is 3. The normalized spacial score (nSPS) is 11.4. The molecular weight excluding hydrogens is 234 g/mol. The van der Waals surface area contributed by atoms with Crippen LogP contribution >= 0.6 is 0 Å². The Labute approximate surface area is 115 Å². The van der Waals surface area contributed by atoms with Crippen LogP contribution in [0.1, 0.15) is 32.0 Å². The molecule has 1 aromatic carbocycles. The Bertz CT molecular complexity index is 583. The molecule has 0 amide bonds. The van der Waals surface area contributed by atoms with Crippen molar-refractivity contribution in [2.75, 3.05) is 12.4 Å². The molecule has 100 valence electrons. The number of nitrogens with one attached hydrogen (secondary N) is 1. The van der Waals surface area contributed by atoms with Crippen LogP contribution in [0.5, 0.6) is 0 Å². The number of benzene rings is 1. The summed E-state index contributed by atoms with van der Waals surface area (Å²) in [5, 5.41) is 3.11. The van der Waals surface area contributed by atoms with Gasteiger partial charge in [0.15, 0.2) is 5.82 Å². The molecule has 1 heterocycles. The molecule has 0 atom stereocenters. The molecule has 3 nitrogen and oxygen atoms in total. The number of rotatable bonds is 2. The van der Waals surface area contributed by atoms with Crippen molar-refractivity contribution >= 4 is 5.82 Å². The highest BCUT2D eigenvalue weighted by molar-refractivity contribution is 5.58. The van der Waals surface area contributed by atoms with Crippen LogP contribution < -0.4 is 5.32 Å². The highest BCUT2D eigenvalue weighted by Gasteiger charge is 2.18.